The van der Waals surface area contributed by atoms with Gasteiger partial charge in [-0.2, -0.15) is 10.4 Å². The molecule has 2 N–H and O–H groups in total. The van der Waals surface area contributed by atoms with Gasteiger partial charge in [-0.3, -0.25) is 0 Å². The minimum atomic E-state index is 0.603. The number of hydrogen-bond acceptors (Lipinski definition) is 3. The van der Waals surface area contributed by atoms with Gasteiger partial charge in [0.05, 0.1) is 17.3 Å². The van der Waals surface area contributed by atoms with E-state index in [4.69, 9.17) is 22.7 Å². The lowest BCUT2D eigenvalue weighted by Gasteiger charge is -2.05. The third-order valence-electron chi connectivity index (χ3n) is 2.53. The van der Waals surface area contributed by atoms with E-state index in [1.165, 1.54) is 0 Å². The van der Waals surface area contributed by atoms with Crippen LogP contribution in [0.25, 0.3) is 0 Å². The SMILES string of the molecule is N#Cc1ccc(/C(=N/N)c2ccc(Cl)cc2)cc1. The molecule has 3 nitrogen and oxygen atoms in total. The molecule has 0 spiro atoms. The van der Waals surface area contributed by atoms with Gasteiger partial charge in [0.15, 0.2) is 0 Å². The average molecular weight is 256 g/mol. The molecule has 0 aliphatic rings. The zero-order valence-corrected chi connectivity index (χ0v) is 10.2. The molecule has 0 bridgehead atoms. The molecule has 0 amide bonds. The Morgan fingerprint density at radius 3 is 1.94 bits per heavy atom. The second-order valence-electron chi connectivity index (χ2n) is 3.67. The Morgan fingerprint density at radius 2 is 1.50 bits per heavy atom. The topological polar surface area (TPSA) is 62.2 Å². The van der Waals surface area contributed by atoms with Crippen molar-refractivity contribution in [1.82, 2.24) is 0 Å². The average Bonchev–Trinajstić information content (AvgIpc) is 2.42. The van der Waals surface area contributed by atoms with E-state index in [1.807, 2.05) is 24.3 Å². The smallest absolute Gasteiger partial charge is 0.0991 e. The number of nitrogens with two attached hydrogens (primary N) is 1. The van der Waals surface area contributed by atoms with Crippen LogP contribution in [0.1, 0.15) is 16.7 Å². The Kier molecular flexibility index (Phi) is 3.61. The Hall–Kier alpha value is -2.31. The van der Waals surface area contributed by atoms with Crippen LogP contribution in [0.3, 0.4) is 0 Å². The van der Waals surface area contributed by atoms with Gasteiger partial charge in [0, 0.05) is 16.1 Å². The summed E-state index contributed by atoms with van der Waals surface area (Å²) < 4.78 is 0. The fraction of sp³-hybridized carbons (Fsp3) is 0. The molecule has 18 heavy (non-hydrogen) atoms. The van der Waals surface area contributed by atoms with Crippen molar-refractivity contribution in [3.8, 4) is 6.07 Å². The number of hydrazone groups is 1. The summed E-state index contributed by atoms with van der Waals surface area (Å²) in [5, 5.41) is 13.2. The monoisotopic (exact) mass is 255 g/mol. The molecule has 88 valence electrons. The van der Waals surface area contributed by atoms with Gasteiger partial charge in [0.1, 0.15) is 0 Å². The number of hydrogen-bond donors (Lipinski definition) is 1. The van der Waals surface area contributed by atoms with Gasteiger partial charge in [0.2, 0.25) is 0 Å². The molecule has 0 heterocycles. The minimum Gasteiger partial charge on any atom is -0.323 e. The fourth-order valence-corrected chi connectivity index (χ4v) is 1.75. The van der Waals surface area contributed by atoms with Gasteiger partial charge < -0.3 is 5.84 Å². The van der Waals surface area contributed by atoms with Gasteiger partial charge in [-0.05, 0) is 24.3 Å². The maximum absolute atomic E-state index is 8.75. The second-order valence-corrected chi connectivity index (χ2v) is 4.11. The summed E-state index contributed by atoms with van der Waals surface area (Å²) in [6.07, 6.45) is 0. The summed E-state index contributed by atoms with van der Waals surface area (Å²) in [4.78, 5) is 0. The van der Waals surface area contributed by atoms with Crippen molar-refractivity contribution in [2.24, 2.45) is 10.9 Å². The molecular weight excluding hydrogens is 246 g/mol. The van der Waals surface area contributed by atoms with Crippen molar-refractivity contribution in [3.05, 3.63) is 70.2 Å². The van der Waals surface area contributed by atoms with Crippen LogP contribution < -0.4 is 5.84 Å². The van der Waals surface area contributed by atoms with E-state index in [-0.39, 0.29) is 0 Å². The molecule has 0 unspecified atom stereocenters. The first-order valence-electron chi connectivity index (χ1n) is 5.29. The molecule has 0 aliphatic heterocycles. The predicted octanol–water partition coefficient (Wildman–Crippen LogP) is 2.92. The molecule has 0 radical (unpaired) electrons. The van der Waals surface area contributed by atoms with Crippen molar-refractivity contribution in [3.63, 3.8) is 0 Å². The lowest BCUT2D eigenvalue weighted by atomic mass is 10.0. The van der Waals surface area contributed by atoms with Gasteiger partial charge in [0.25, 0.3) is 0 Å². The zero-order valence-electron chi connectivity index (χ0n) is 9.47. The van der Waals surface area contributed by atoms with Crippen LogP contribution in [-0.4, -0.2) is 5.71 Å². The van der Waals surface area contributed by atoms with E-state index in [0.717, 1.165) is 11.1 Å². The molecule has 2 aromatic rings. The summed E-state index contributed by atoms with van der Waals surface area (Å²) in [5.41, 5.74) is 3.01. The molecule has 0 aliphatic carbocycles. The lowest BCUT2D eigenvalue weighted by Crippen LogP contribution is -2.06. The Labute approximate surface area is 110 Å². The Bertz CT molecular complexity index is 607. The van der Waals surface area contributed by atoms with Crippen molar-refractivity contribution in [2.75, 3.05) is 0 Å². The van der Waals surface area contributed by atoms with E-state index in [0.29, 0.717) is 16.3 Å². The van der Waals surface area contributed by atoms with Crippen molar-refractivity contribution >= 4 is 17.3 Å². The standard InChI is InChI=1S/C14H10ClN3/c15-13-7-5-12(6-8-13)14(18-17)11-3-1-10(9-16)2-4-11/h1-8H,17H2/b18-14-. The van der Waals surface area contributed by atoms with E-state index >= 15 is 0 Å². The van der Waals surface area contributed by atoms with E-state index in [2.05, 4.69) is 11.2 Å². The molecule has 0 saturated heterocycles. The van der Waals surface area contributed by atoms with E-state index in [9.17, 15) is 0 Å². The van der Waals surface area contributed by atoms with Crippen LogP contribution in [0, 0.1) is 11.3 Å². The Balaban J connectivity index is 2.40. The minimum absolute atomic E-state index is 0.603. The first-order valence-corrected chi connectivity index (χ1v) is 5.67. The third-order valence-corrected chi connectivity index (χ3v) is 2.79. The Morgan fingerprint density at radius 1 is 1.00 bits per heavy atom. The maximum Gasteiger partial charge on any atom is 0.0991 e. The normalized spacial score (nSPS) is 11.0. The fourth-order valence-electron chi connectivity index (χ4n) is 1.63. The lowest BCUT2D eigenvalue weighted by molar-refractivity contribution is 1.24. The number of halogens is 1. The maximum atomic E-state index is 8.75. The number of rotatable bonds is 2. The van der Waals surface area contributed by atoms with Crippen molar-refractivity contribution in [2.45, 2.75) is 0 Å². The molecule has 0 atom stereocenters. The summed E-state index contributed by atoms with van der Waals surface area (Å²) >= 11 is 5.84. The largest absolute Gasteiger partial charge is 0.323 e. The van der Waals surface area contributed by atoms with Crippen LogP contribution in [0.5, 0.6) is 0 Å². The van der Waals surface area contributed by atoms with Crippen LogP contribution in [0.2, 0.25) is 5.02 Å². The third kappa shape index (κ3) is 2.50. The second kappa shape index (κ2) is 5.35. The summed E-state index contributed by atoms with van der Waals surface area (Å²) in [5.74, 6) is 5.44. The summed E-state index contributed by atoms with van der Waals surface area (Å²) in [6.45, 7) is 0. The molecule has 4 heteroatoms. The van der Waals surface area contributed by atoms with Crippen LogP contribution in [0.15, 0.2) is 53.6 Å². The first-order chi connectivity index (χ1) is 8.74. The van der Waals surface area contributed by atoms with Crippen LogP contribution >= 0.6 is 11.6 Å². The first kappa shape index (κ1) is 12.2. The van der Waals surface area contributed by atoms with Gasteiger partial charge in [-0.1, -0.05) is 35.9 Å². The van der Waals surface area contributed by atoms with Gasteiger partial charge >= 0.3 is 0 Å². The summed E-state index contributed by atoms with van der Waals surface area (Å²) in [6, 6.07) is 16.4. The van der Waals surface area contributed by atoms with Crippen molar-refractivity contribution < 1.29 is 0 Å². The molecule has 0 aromatic heterocycles. The van der Waals surface area contributed by atoms with Gasteiger partial charge in [-0.25, -0.2) is 0 Å². The molecule has 2 rings (SSSR count). The van der Waals surface area contributed by atoms with E-state index < -0.39 is 0 Å². The molecule has 0 fully saturated rings. The van der Waals surface area contributed by atoms with Crippen molar-refractivity contribution in [1.29, 1.82) is 5.26 Å². The number of nitriles is 1. The predicted molar refractivity (Wildman–Crippen MR) is 72.4 cm³/mol. The molecule has 2 aromatic carbocycles. The highest BCUT2D eigenvalue weighted by Gasteiger charge is 2.06. The van der Waals surface area contributed by atoms with Crippen LogP contribution in [-0.2, 0) is 0 Å². The van der Waals surface area contributed by atoms with Crippen LogP contribution in [0.4, 0.5) is 0 Å². The van der Waals surface area contributed by atoms with Gasteiger partial charge in [-0.15, -0.1) is 0 Å². The highest BCUT2D eigenvalue weighted by Crippen LogP contribution is 2.15. The number of benzene rings is 2. The summed E-state index contributed by atoms with van der Waals surface area (Å²) in [7, 11) is 0. The highest BCUT2D eigenvalue weighted by molar-refractivity contribution is 6.30. The van der Waals surface area contributed by atoms with E-state index in [1.54, 1.807) is 24.3 Å². The molecular formula is C14H10ClN3. The quantitative estimate of drug-likeness (QED) is 0.509. The number of nitrogens with zero attached hydrogens (tertiary/aromatic N) is 2. The highest BCUT2D eigenvalue weighted by atomic mass is 35.5. The zero-order chi connectivity index (χ0) is 13.0. The molecule has 0 saturated carbocycles.